The highest BCUT2D eigenvalue weighted by Gasteiger charge is 2.44. The number of hydrogen-bond donors (Lipinski definition) is 2. The van der Waals surface area contributed by atoms with Crippen LogP contribution in [0.1, 0.15) is 19.3 Å². The van der Waals surface area contributed by atoms with Gasteiger partial charge in [-0.15, -0.1) is 0 Å². The summed E-state index contributed by atoms with van der Waals surface area (Å²) in [5.74, 6) is 1.49. The number of carbonyl (C=O) groups is 1. The van der Waals surface area contributed by atoms with Crippen LogP contribution in [-0.2, 0) is 4.79 Å². The van der Waals surface area contributed by atoms with Gasteiger partial charge in [0.05, 0.1) is 6.04 Å². The molecule has 3 rings (SSSR count). The molecule has 0 amide bonds. The molecule has 0 radical (unpaired) electrons. The second-order valence-electron chi connectivity index (χ2n) is 4.67. The van der Waals surface area contributed by atoms with Crippen molar-refractivity contribution in [3.05, 3.63) is 0 Å². The van der Waals surface area contributed by atoms with Gasteiger partial charge in [0.15, 0.2) is 5.78 Å². The minimum Gasteiger partial charge on any atom is -0.315 e. The molecular weight excluding hydrogens is 164 g/mol. The van der Waals surface area contributed by atoms with Crippen molar-refractivity contribution in [1.82, 2.24) is 10.6 Å². The Morgan fingerprint density at radius 1 is 1.23 bits per heavy atom. The van der Waals surface area contributed by atoms with Gasteiger partial charge < -0.3 is 10.6 Å². The number of fused-ring (bicyclic) bond motifs is 2. The van der Waals surface area contributed by atoms with Crippen LogP contribution in [-0.4, -0.2) is 31.0 Å². The lowest BCUT2D eigenvalue weighted by Gasteiger charge is -2.19. The minimum atomic E-state index is 0.187. The Morgan fingerprint density at radius 3 is 2.77 bits per heavy atom. The van der Waals surface area contributed by atoms with Crippen LogP contribution >= 0.6 is 0 Å². The van der Waals surface area contributed by atoms with Crippen molar-refractivity contribution in [1.29, 1.82) is 0 Å². The molecule has 2 aliphatic heterocycles. The lowest BCUT2D eigenvalue weighted by molar-refractivity contribution is -0.122. The average molecular weight is 180 g/mol. The van der Waals surface area contributed by atoms with Crippen molar-refractivity contribution >= 4 is 5.78 Å². The number of carbonyl (C=O) groups excluding carboxylic acids is 1. The molecule has 2 bridgehead atoms. The van der Waals surface area contributed by atoms with Crippen molar-refractivity contribution in [3.63, 3.8) is 0 Å². The van der Waals surface area contributed by atoms with Crippen LogP contribution in [0.3, 0.4) is 0 Å². The summed E-state index contributed by atoms with van der Waals surface area (Å²) >= 11 is 0. The first-order valence-electron chi connectivity index (χ1n) is 5.35. The summed E-state index contributed by atoms with van der Waals surface area (Å²) in [6, 6.07) is 0.749. The second-order valence-corrected chi connectivity index (χ2v) is 4.67. The van der Waals surface area contributed by atoms with Gasteiger partial charge in [0.25, 0.3) is 0 Å². The molecule has 1 saturated carbocycles. The SMILES string of the molecule is O=C(C1CC1)C1N[C@H]2CNC[C@@H]1C2. The molecule has 3 fully saturated rings. The summed E-state index contributed by atoms with van der Waals surface area (Å²) in [6.07, 6.45) is 3.49. The number of rotatable bonds is 2. The normalized spacial score (nSPS) is 43.5. The van der Waals surface area contributed by atoms with Gasteiger partial charge in [-0.2, -0.15) is 0 Å². The van der Waals surface area contributed by atoms with E-state index in [0.717, 1.165) is 25.9 Å². The molecule has 1 aliphatic carbocycles. The van der Waals surface area contributed by atoms with E-state index in [1.54, 1.807) is 0 Å². The predicted molar refractivity (Wildman–Crippen MR) is 49.4 cm³/mol. The molecule has 3 nitrogen and oxygen atoms in total. The zero-order valence-electron chi connectivity index (χ0n) is 7.75. The molecule has 3 heteroatoms. The van der Waals surface area contributed by atoms with Crippen molar-refractivity contribution in [2.24, 2.45) is 11.8 Å². The first kappa shape index (κ1) is 7.94. The zero-order valence-corrected chi connectivity index (χ0v) is 7.75. The second kappa shape index (κ2) is 2.79. The van der Waals surface area contributed by atoms with Crippen molar-refractivity contribution < 1.29 is 4.79 Å². The number of piperidine rings is 1. The number of nitrogens with one attached hydrogen (secondary N) is 2. The molecule has 72 valence electrons. The average Bonchev–Trinajstić information content (AvgIpc) is 2.93. The third-order valence-corrected chi connectivity index (χ3v) is 3.56. The maximum Gasteiger partial charge on any atom is 0.153 e. The van der Waals surface area contributed by atoms with Gasteiger partial charge in [-0.25, -0.2) is 0 Å². The smallest absolute Gasteiger partial charge is 0.153 e. The van der Waals surface area contributed by atoms with Crippen LogP contribution in [0.25, 0.3) is 0 Å². The maximum absolute atomic E-state index is 11.9. The third-order valence-electron chi connectivity index (χ3n) is 3.56. The fraction of sp³-hybridized carbons (Fsp3) is 0.900. The van der Waals surface area contributed by atoms with Crippen LogP contribution in [0, 0.1) is 11.8 Å². The van der Waals surface area contributed by atoms with E-state index in [2.05, 4.69) is 10.6 Å². The summed E-state index contributed by atoms with van der Waals surface area (Å²) in [6.45, 7) is 2.08. The summed E-state index contributed by atoms with van der Waals surface area (Å²) in [4.78, 5) is 11.9. The number of hydrogen-bond acceptors (Lipinski definition) is 3. The first-order chi connectivity index (χ1) is 6.34. The number of ketones is 1. The Morgan fingerprint density at radius 2 is 2.08 bits per heavy atom. The van der Waals surface area contributed by atoms with Crippen molar-refractivity contribution in [3.8, 4) is 0 Å². The van der Waals surface area contributed by atoms with Gasteiger partial charge in [0.2, 0.25) is 0 Å². The molecule has 1 unspecified atom stereocenters. The molecule has 2 saturated heterocycles. The van der Waals surface area contributed by atoms with Crippen molar-refractivity contribution in [2.75, 3.05) is 13.1 Å². The third kappa shape index (κ3) is 1.30. The molecule has 13 heavy (non-hydrogen) atoms. The molecule has 0 spiro atoms. The Hall–Kier alpha value is -0.410. The van der Waals surface area contributed by atoms with E-state index < -0.39 is 0 Å². The maximum atomic E-state index is 11.9. The molecule has 2 N–H and O–H groups in total. The molecule has 0 aromatic rings. The fourth-order valence-corrected chi connectivity index (χ4v) is 2.68. The highest BCUT2D eigenvalue weighted by molar-refractivity contribution is 5.89. The van der Waals surface area contributed by atoms with Gasteiger partial charge in [-0.3, -0.25) is 4.79 Å². The standard InChI is InChI=1S/C10H16N2O/c13-10(6-1-2-6)9-7-3-8(12-9)5-11-4-7/h6-9,11-12H,1-5H2/t7-,8+,9?/m0/s1. The summed E-state index contributed by atoms with van der Waals surface area (Å²) in [5, 5.41) is 6.84. The van der Waals surface area contributed by atoms with Gasteiger partial charge in [0.1, 0.15) is 0 Å². The van der Waals surface area contributed by atoms with E-state index in [4.69, 9.17) is 0 Å². The van der Waals surface area contributed by atoms with Crippen LogP contribution in [0.15, 0.2) is 0 Å². The Labute approximate surface area is 78.3 Å². The van der Waals surface area contributed by atoms with Gasteiger partial charge in [-0.1, -0.05) is 0 Å². The minimum absolute atomic E-state index is 0.187. The molecule has 0 aromatic heterocycles. The van der Waals surface area contributed by atoms with E-state index in [1.165, 1.54) is 6.42 Å². The van der Waals surface area contributed by atoms with Gasteiger partial charge in [0, 0.05) is 25.0 Å². The zero-order chi connectivity index (χ0) is 8.84. The van der Waals surface area contributed by atoms with Gasteiger partial charge >= 0.3 is 0 Å². The van der Waals surface area contributed by atoms with E-state index in [0.29, 0.717) is 23.7 Å². The Bertz CT molecular complexity index is 237. The molecular formula is C10H16N2O. The van der Waals surface area contributed by atoms with E-state index in [-0.39, 0.29) is 6.04 Å². The quantitative estimate of drug-likeness (QED) is 0.624. The molecule has 3 atom stereocenters. The molecule has 0 aromatic carbocycles. The first-order valence-corrected chi connectivity index (χ1v) is 5.35. The highest BCUT2D eigenvalue weighted by atomic mass is 16.1. The molecule has 2 heterocycles. The largest absolute Gasteiger partial charge is 0.315 e. The predicted octanol–water partition coefficient (Wildman–Crippen LogP) is -0.0846. The Kier molecular flexibility index (Phi) is 1.70. The lowest BCUT2D eigenvalue weighted by Crippen LogP contribution is -2.39. The van der Waals surface area contributed by atoms with Crippen LogP contribution in [0.5, 0.6) is 0 Å². The summed E-state index contributed by atoms with van der Waals surface area (Å²) in [5.41, 5.74) is 0. The lowest BCUT2D eigenvalue weighted by atomic mass is 9.92. The summed E-state index contributed by atoms with van der Waals surface area (Å²) in [7, 11) is 0. The van der Waals surface area contributed by atoms with E-state index in [1.807, 2.05) is 0 Å². The molecule has 3 aliphatic rings. The highest BCUT2D eigenvalue weighted by Crippen LogP contribution is 2.35. The van der Waals surface area contributed by atoms with E-state index >= 15 is 0 Å². The van der Waals surface area contributed by atoms with E-state index in [9.17, 15) is 4.79 Å². The fourth-order valence-electron chi connectivity index (χ4n) is 2.68. The monoisotopic (exact) mass is 180 g/mol. The van der Waals surface area contributed by atoms with Gasteiger partial charge in [-0.05, 0) is 25.2 Å². The van der Waals surface area contributed by atoms with Crippen LogP contribution < -0.4 is 10.6 Å². The summed E-state index contributed by atoms with van der Waals surface area (Å²) < 4.78 is 0. The van der Waals surface area contributed by atoms with Crippen molar-refractivity contribution in [2.45, 2.75) is 31.3 Å². The Balaban J connectivity index is 1.73. The topological polar surface area (TPSA) is 41.1 Å². The number of Topliss-reactive ketones (excluding diaryl/α,β-unsaturated/α-hetero) is 1. The van der Waals surface area contributed by atoms with Crippen LogP contribution in [0.4, 0.5) is 0 Å². The van der Waals surface area contributed by atoms with Crippen LogP contribution in [0.2, 0.25) is 0 Å².